The molecule has 0 saturated heterocycles. The van der Waals surface area contributed by atoms with Gasteiger partial charge in [-0.3, -0.25) is 4.79 Å². The van der Waals surface area contributed by atoms with E-state index in [-0.39, 0.29) is 17.3 Å². The third-order valence-electron chi connectivity index (χ3n) is 4.51. The molecule has 3 rings (SSSR count). The topological polar surface area (TPSA) is 84.3 Å². The zero-order chi connectivity index (χ0) is 18.9. The van der Waals surface area contributed by atoms with Crippen LogP contribution in [-0.2, 0) is 41.4 Å². The van der Waals surface area contributed by atoms with Gasteiger partial charge in [0.2, 0.25) is 15.9 Å². The van der Waals surface area contributed by atoms with Gasteiger partial charge in [0, 0.05) is 30.9 Å². The smallest absolute Gasteiger partial charge is 0.243 e. The Morgan fingerprint density at radius 1 is 1.38 bits per heavy atom. The first-order valence-electron chi connectivity index (χ1n) is 8.38. The molecule has 140 valence electrons. The first-order chi connectivity index (χ1) is 12.3. The number of amides is 1. The molecule has 0 saturated carbocycles. The Morgan fingerprint density at radius 2 is 2.15 bits per heavy atom. The molecule has 0 aliphatic carbocycles. The first-order valence-corrected chi connectivity index (χ1v) is 10.6. The molecular weight excluding hydrogens is 420 g/mol. The quantitative estimate of drug-likeness (QED) is 0.769. The molecule has 1 aromatic carbocycles. The number of fused-ring (bicyclic) bond motifs is 1. The summed E-state index contributed by atoms with van der Waals surface area (Å²) in [6.07, 6.45) is 0.973. The molecule has 1 amide bonds. The van der Waals surface area contributed by atoms with E-state index in [1.807, 2.05) is 11.6 Å². The number of hydrogen-bond acceptors (Lipinski definition) is 4. The van der Waals surface area contributed by atoms with Crippen LogP contribution in [0.25, 0.3) is 0 Å². The number of benzene rings is 1. The number of carbonyl (C=O) groups excluding carboxylic acids is 1. The lowest BCUT2D eigenvalue weighted by atomic mass is 10.2. The van der Waals surface area contributed by atoms with Crippen LogP contribution in [0.2, 0.25) is 0 Å². The minimum absolute atomic E-state index is 0.0372. The van der Waals surface area contributed by atoms with Crippen LogP contribution in [0.1, 0.15) is 30.6 Å². The number of nitrogens with zero attached hydrogens (tertiary/aromatic N) is 3. The first kappa shape index (κ1) is 19.1. The lowest BCUT2D eigenvalue weighted by Crippen LogP contribution is -2.36. The third kappa shape index (κ3) is 3.70. The van der Waals surface area contributed by atoms with Crippen molar-refractivity contribution in [2.45, 2.75) is 37.8 Å². The van der Waals surface area contributed by atoms with Crippen molar-refractivity contribution < 1.29 is 13.2 Å². The van der Waals surface area contributed by atoms with Crippen molar-refractivity contribution in [1.29, 1.82) is 0 Å². The van der Waals surface area contributed by atoms with Gasteiger partial charge in [-0.05, 0) is 18.2 Å². The molecule has 0 unspecified atom stereocenters. The van der Waals surface area contributed by atoms with Crippen molar-refractivity contribution in [3.63, 3.8) is 0 Å². The highest BCUT2D eigenvalue weighted by molar-refractivity contribution is 9.10. The lowest BCUT2D eigenvalue weighted by Gasteiger charge is -2.26. The molecular formula is C17H21BrN4O3S. The Kier molecular flexibility index (Phi) is 5.50. The molecule has 0 radical (unpaired) electrons. The van der Waals surface area contributed by atoms with Gasteiger partial charge in [-0.2, -0.15) is 4.31 Å². The van der Waals surface area contributed by atoms with Crippen LogP contribution < -0.4 is 5.32 Å². The summed E-state index contributed by atoms with van der Waals surface area (Å²) in [5, 5.41) is 2.81. The summed E-state index contributed by atoms with van der Waals surface area (Å²) < 4.78 is 30.0. The van der Waals surface area contributed by atoms with Crippen LogP contribution in [0.5, 0.6) is 0 Å². The van der Waals surface area contributed by atoms with Crippen LogP contribution in [-0.4, -0.2) is 34.7 Å². The summed E-state index contributed by atoms with van der Waals surface area (Å²) in [4.78, 5) is 16.3. The number of halogens is 1. The van der Waals surface area contributed by atoms with E-state index in [2.05, 4.69) is 26.2 Å². The second-order valence-corrected chi connectivity index (χ2v) is 9.01. The van der Waals surface area contributed by atoms with E-state index in [1.54, 1.807) is 31.2 Å². The summed E-state index contributed by atoms with van der Waals surface area (Å²) in [5.74, 6) is 0.698. The predicted molar refractivity (Wildman–Crippen MR) is 101 cm³/mol. The van der Waals surface area contributed by atoms with Gasteiger partial charge in [-0.15, -0.1) is 0 Å². The number of imidazole rings is 1. The summed E-state index contributed by atoms with van der Waals surface area (Å²) in [6.45, 7) is 2.80. The molecule has 1 N–H and O–H groups in total. The van der Waals surface area contributed by atoms with Gasteiger partial charge in [0.25, 0.3) is 0 Å². The van der Waals surface area contributed by atoms with Gasteiger partial charge in [-0.1, -0.05) is 28.9 Å². The summed E-state index contributed by atoms with van der Waals surface area (Å²) in [6, 6.07) is 6.72. The summed E-state index contributed by atoms with van der Waals surface area (Å²) in [5.41, 5.74) is 1.77. The number of nitrogens with one attached hydrogen (secondary N) is 1. The molecule has 9 heteroatoms. The van der Waals surface area contributed by atoms with Crippen molar-refractivity contribution in [3.8, 4) is 0 Å². The maximum absolute atomic E-state index is 12.9. The number of carbonyl (C=O) groups is 1. The van der Waals surface area contributed by atoms with Crippen LogP contribution in [0.4, 0.5) is 0 Å². The maximum Gasteiger partial charge on any atom is 0.243 e. The number of hydrogen-bond donors (Lipinski definition) is 1. The zero-order valence-electron chi connectivity index (χ0n) is 14.7. The van der Waals surface area contributed by atoms with Gasteiger partial charge in [-0.25, -0.2) is 13.4 Å². The van der Waals surface area contributed by atoms with E-state index >= 15 is 0 Å². The van der Waals surface area contributed by atoms with Crippen molar-refractivity contribution in [2.75, 3.05) is 6.54 Å². The Bertz CT molecular complexity index is 939. The number of sulfonamides is 1. The fourth-order valence-electron chi connectivity index (χ4n) is 2.96. The van der Waals surface area contributed by atoms with E-state index in [0.29, 0.717) is 25.9 Å². The SMILES string of the molecule is CCC(=O)NCc1nc2c(n1C)CN(S(=O)(=O)c1cccc(Br)c1)CC2. The highest BCUT2D eigenvalue weighted by Gasteiger charge is 2.31. The minimum Gasteiger partial charge on any atom is -0.349 e. The van der Waals surface area contributed by atoms with Gasteiger partial charge < -0.3 is 9.88 Å². The van der Waals surface area contributed by atoms with E-state index in [1.165, 1.54) is 4.31 Å². The van der Waals surface area contributed by atoms with Crippen LogP contribution >= 0.6 is 15.9 Å². The van der Waals surface area contributed by atoms with E-state index in [4.69, 9.17) is 0 Å². The second kappa shape index (κ2) is 7.50. The Morgan fingerprint density at radius 3 is 2.85 bits per heavy atom. The fraction of sp³-hybridized carbons (Fsp3) is 0.412. The molecule has 1 aliphatic rings. The zero-order valence-corrected chi connectivity index (χ0v) is 17.1. The molecule has 0 atom stereocenters. The fourth-order valence-corrected chi connectivity index (χ4v) is 4.96. The number of aromatic nitrogens is 2. The van der Waals surface area contributed by atoms with Gasteiger partial charge in [0.1, 0.15) is 5.82 Å². The highest BCUT2D eigenvalue weighted by atomic mass is 79.9. The molecule has 26 heavy (non-hydrogen) atoms. The predicted octanol–water partition coefficient (Wildman–Crippen LogP) is 1.96. The van der Waals surface area contributed by atoms with Crippen molar-refractivity contribution in [3.05, 3.63) is 46.0 Å². The van der Waals surface area contributed by atoms with Crippen molar-refractivity contribution in [1.82, 2.24) is 19.2 Å². The minimum atomic E-state index is -3.57. The molecule has 2 aromatic rings. The second-order valence-electron chi connectivity index (χ2n) is 6.16. The normalized spacial score (nSPS) is 14.9. The molecule has 2 heterocycles. The van der Waals surface area contributed by atoms with Crippen LogP contribution in [0.15, 0.2) is 33.6 Å². The van der Waals surface area contributed by atoms with Gasteiger partial charge in [0.15, 0.2) is 0 Å². The monoisotopic (exact) mass is 440 g/mol. The van der Waals surface area contributed by atoms with Crippen LogP contribution in [0, 0.1) is 0 Å². The summed E-state index contributed by atoms with van der Waals surface area (Å²) in [7, 11) is -1.72. The van der Waals surface area contributed by atoms with E-state index in [9.17, 15) is 13.2 Å². The third-order valence-corrected chi connectivity index (χ3v) is 6.85. The van der Waals surface area contributed by atoms with E-state index < -0.39 is 10.0 Å². The molecule has 1 aromatic heterocycles. The average molecular weight is 441 g/mol. The Balaban J connectivity index is 1.83. The van der Waals surface area contributed by atoms with Crippen molar-refractivity contribution >= 4 is 31.9 Å². The Hall–Kier alpha value is -1.71. The van der Waals surface area contributed by atoms with Gasteiger partial charge >= 0.3 is 0 Å². The maximum atomic E-state index is 12.9. The van der Waals surface area contributed by atoms with Crippen LogP contribution in [0.3, 0.4) is 0 Å². The molecule has 0 spiro atoms. The average Bonchev–Trinajstić information content (AvgIpc) is 2.95. The lowest BCUT2D eigenvalue weighted by molar-refractivity contribution is -0.120. The highest BCUT2D eigenvalue weighted by Crippen LogP contribution is 2.26. The van der Waals surface area contributed by atoms with Gasteiger partial charge in [0.05, 0.1) is 29.4 Å². The molecule has 0 fully saturated rings. The Labute approximate surface area is 161 Å². The standard InChI is InChI=1S/C17H21BrN4O3S/c1-3-17(23)19-10-16-20-14-7-8-22(11-15(14)21(16)2)26(24,25)13-6-4-5-12(18)9-13/h4-6,9H,3,7-8,10-11H2,1-2H3,(H,19,23). The summed E-state index contributed by atoms with van der Waals surface area (Å²) >= 11 is 3.32. The van der Waals surface area contributed by atoms with Crippen molar-refractivity contribution in [2.24, 2.45) is 7.05 Å². The van der Waals surface area contributed by atoms with E-state index in [0.717, 1.165) is 21.7 Å². The largest absolute Gasteiger partial charge is 0.349 e. The molecule has 7 nitrogen and oxygen atoms in total. The number of rotatable bonds is 5. The molecule has 1 aliphatic heterocycles. The molecule has 0 bridgehead atoms.